The minimum atomic E-state index is -3.48. The van der Waals surface area contributed by atoms with E-state index in [0.717, 1.165) is 5.56 Å². The number of rotatable bonds is 7. The molecule has 6 heteroatoms. The quantitative estimate of drug-likeness (QED) is 0.826. The van der Waals surface area contributed by atoms with Crippen molar-refractivity contribution in [3.8, 4) is 0 Å². The second-order valence-corrected chi connectivity index (χ2v) is 6.86. The average Bonchev–Trinajstić information content (AvgIpc) is 2.35. The number of nitrogens with one attached hydrogen (secondary N) is 1. The molecule has 1 rings (SSSR count). The van der Waals surface area contributed by atoms with Crippen LogP contribution < -0.4 is 5.32 Å². The van der Waals surface area contributed by atoms with Crippen LogP contribution in [0.15, 0.2) is 30.3 Å². The fraction of sp³-hybridized carbons (Fsp3) is 0.500. The zero-order valence-electron chi connectivity index (χ0n) is 12.2. The second kappa shape index (κ2) is 7.40. The number of hydrogen-bond donors (Lipinski definition) is 1. The first-order chi connectivity index (χ1) is 9.35. The molecule has 0 aliphatic heterocycles. The molecule has 0 heterocycles. The Balaban J connectivity index is 2.75. The summed E-state index contributed by atoms with van der Waals surface area (Å²) in [5.74, 6) is -0.366. The lowest BCUT2D eigenvalue weighted by Crippen LogP contribution is -2.43. The number of carbonyl (C=O) groups is 1. The van der Waals surface area contributed by atoms with E-state index in [1.54, 1.807) is 31.2 Å². The number of carbonyl (C=O) groups excluding carboxylic acids is 1. The van der Waals surface area contributed by atoms with E-state index < -0.39 is 10.0 Å². The number of hydrogen-bond acceptors (Lipinski definition) is 3. The Labute approximate surface area is 121 Å². The van der Waals surface area contributed by atoms with Gasteiger partial charge in [-0.3, -0.25) is 4.79 Å². The summed E-state index contributed by atoms with van der Waals surface area (Å²) in [5.41, 5.74) is 0.718. The normalized spacial score (nSPS) is 11.8. The summed E-state index contributed by atoms with van der Waals surface area (Å²) in [6.45, 7) is 5.55. The van der Waals surface area contributed by atoms with Crippen molar-refractivity contribution < 1.29 is 13.2 Å². The Bertz CT molecular complexity index is 527. The summed E-state index contributed by atoms with van der Waals surface area (Å²) in [7, 11) is -3.48. The predicted octanol–water partition coefficient (Wildman–Crippen LogP) is 1.36. The van der Waals surface area contributed by atoms with E-state index in [2.05, 4.69) is 5.32 Å². The van der Waals surface area contributed by atoms with Gasteiger partial charge in [-0.05, 0) is 19.4 Å². The molecule has 0 aliphatic rings. The smallest absolute Gasteiger partial charge is 0.235 e. The topological polar surface area (TPSA) is 66.5 Å². The van der Waals surface area contributed by atoms with Crippen LogP contribution in [-0.4, -0.2) is 37.8 Å². The summed E-state index contributed by atoms with van der Waals surface area (Å²) in [6, 6.07) is 8.96. The number of amides is 1. The molecule has 1 N–H and O–H groups in total. The van der Waals surface area contributed by atoms with Crippen molar-refractivity contribution in [2.75, 3.05) is 13.1 Å². The zero-order chi connectivity index (χ0) is 15.2. The molecule has 0 aliphatic carbocycles. The lowest BCUT2D eigenvalue weighted by atomic mass is 10.2. The number of sulfonamides is 1. The van der Waals surface area contributed by atoms with Crippen molar-refractivity contribution in [1.82, 2.24) is 9.62 Å². The fourth-order valence-corrected chi connectivity index (χ4v) is 3.31. The molecule has 5 nitrogen and oxygen atoms in total. The molecule has 1 aromatic carbocycles. The zero-order valence-corrected chi connectivity index (χ0v) is 13.0. The molecular formula is C14H22N2O3S. The van der Waals surface area contributed by atoms with Gasteiger partial charge in [0.15, 0.2) is 0 Å². The molecule has 0 radical (unpaired) electrons. The van der Waals surface area contributed by atoms with Crippen LogP contribution in [0.3, 0.4) is 0 Å². The second-order valence-electron chi connectivity index (χ2n) is 4.89. The third kappa shape index (κ3) is 5.30. The molecule has 0 bridgehead atoms. The van der Waals surface area contributed by atoms with Gasteiger partial charge in [0.05, 0.1) is 12.3 Å². The molecule has 0 saturated carbocycles. The minimum absolute atomic E-state index is 0.00182. The maximum atomic E-state index is 12.3. The molecule has 20 heavy (non-hydrogen) atoms. The Morgan fingerprint density at radius 1 is 1.25 bits per heavy atom. The van der Waals surface area contributed by atoms with E-state index in [1.807, 2.05) is 19.9 Å². The van der Waals surface area contributed by atoms with Crippen molar-refractivity contribution in [3.05, 3.63) is 35.9 Å². The number of benzene rings is 1. The average molecular weight is 298 g/mol. The monoisotopic (exact) mass is 298 g/mol. The highest BCUT2D eigenvalue weighted by atomic mass is 32.2. The Morgan fingerprint density at radius 3 is 2.35 bits per heavy atom. The molecule has 0 unspecified atom stereocenters. The van der Waals surface area contributed by atoms with Crippen LogP contribution in [0, 0.1) is 0 Å². The van der Waals surface area contributed by atoms with E-state index in [0.29, 0.717) is 0 Å². The van der Waals surface area contributed by atoms with Gasteiger partial charge in [-0.1, -0.05) is 37.3 Å². The maximum Gasteiger partial charge on any atom is 0.235 e. The Kier molecular flexibility index (Phi) is 6.16. The van der Waals surface area contributed by atoms with E-state index in [1.165, 1.54) is 4.31 Å². The van der Waals surface area contributed by atoms with Gasteiger partial charge in [0, 0.05) is 12.6 Å². The third-order valence-electron chi connectivity index (χ3n) is 2.71. The third-order valence-corrected chi connectivity index (χ3v) is 4.58. The van der Waals surface area contributed by atoms with Crippen molar-refractivity contribution >= 4 is 15.9 Å². The maximum absolute atomic E-state index is 12.3. The SMILES string of the molecule is CCN(CC(=O)NC(C)C)S(=O)(=O)Cc1ccccc1. The van der Waals surface area contributed by atoms with Gasteiger partial charge in [0.25, 0.3) is 0 Å². The van der Waals surface area contributed by atoms with E-state index in [4.69, 9.17) is 0 Å². The lowest BCUT2D eigenvalue weighted by Gasteiger charge is -2.20. The molecular weight excluding hydrogens is 276 g/mol. The summed E-state index contributed by atoms with van der Waals surface area (Å²) < 4.78 is 25.8. The predicted molar refractivity (Wildman–Crippen MR) is 79.6 cm³/mol. The highest BCUT2D eigenvalue weighted by Gasteiger charge is 2.23. The molecule has 1 aromatic rings. The van der Waals surface area contributed by atoms with E-state index >= 15 is 0 Å². The Hall–Kier alpha value is -1.40. The van der Waals surface area contributed by atoms with Crippen LogP contribution in [0.1, 0.15) is 26.3 Å². The van der Waals surface area contributed by atoms with Gasteiger partial charge < -0.3 is 5.32 Å². The van der Waals surface area contributed by atoms with Crippen LogP contribution in [0.5, 0.6) is 0 Å². The van der Waals surface area contributed by atoms with Crippen LogP contribution in [0.2, 0.25) is 0 Å². The summed E-state index contributed by atoms with van der Waals surface area (Å²) in [4.78, 5) is 11.7. The van der Waals surface area contributed by atoms with Crippen molar-refractivity contribution in [2.45, 2.75) is 32.6 Å². The molecule has 0 fully saturated rings. The number of nitrogens with zero attached hydrogens (tertiary/aromatic N) is 1. The van der Waals surface area contributed by atoms with Gasteiger partial charge in [0.2, 0.25) is 15.9 Å². The highest BCUT2D eigenvalue weighted by molar-refractivity contribution is 7.88. The van der Waals surface area contributed by atoms with Gasteiger partial charge in [-0.2, -0.15) is 4.31 Å². The van der Waals surface area contributed by atoms with Crippen molar-refractivity contribution in [2.24, 2.45) is 0 Å². The lowest BCUT2D eigenvalue weighted by molar-refractivity contribution is -0.121. The first-order valence-electron chi connectivity index (χ1n) is 6.66. The Morgan fingerprint density at radius 2 is 1.85 bits per heavy atom. The largest absolute Gasteiger partial charge is 0.353 e. The summed E-state index contributed by atoms with van der Waals surface area (Å²) >= 11 is 0. The van der Waals surface area contributed by atoms with Crippen molar-refractivity contribution in [3.63, 3.8) is 0 Å². The first kappa shape index (κ1) is 16.7. The van der Waals surface area contributed by atoms with Crippen molar-refractivity contribution in [1.29, 1.82) is 0 Å². The van der Waals surface area contributed by atoms with Gasteiger partial charge >= 0.3 is 0 Å². The van der Waals surface area contributed by atoms with E-state index in [9.17, 15) is 13.2 Å². The molecule has 0 aromatic heterocycles. The summed E-state index contributed by atoms with van der Waals surface area (Å²) in [6.07, 6.45) is 0. The molecule has 0 spiro atoms. The van der Waals surface area contributed by atoms with E-state index in [-0.39, 0.29) is 30.8 Å². The minimum Gasteiger partial charge on any atom is -0.353 e. The molecule has 112 valence electrons. The fourth-order valence-electron chi connectivity index (χ4n) is 1.81. The van der Waals surface area contributed by atoms with Gasteiger partial charge in [0.1, 0.15) is 0 Å². The standard InChI is InChI=1S/C14H22N2O3S/c1-4-16(10-14(17)15-12(2)3)20(18,19)11-13-8-6-5-7-9-13/h5-9,12H,4,10-11H2,1-3H3,(H,15,17). The summed E-state index contributed by atoms with van der Waals surface area (Å²) in [5, 5.41) is 2.70. The van der Waals surface area contributed by atoms with Gasteiger partial charge in [-0.25, -0.2) is 8.42 Å². The molecule has 0 atom stereocenters. The van der Waals surface area contributed by atoms with Gasteiger partial charge in [-0.15, -0.1) is 0 Å². The number of likely N-dealkylation sites (N-methyl/N-ethyl adjacent to an activating group) is 1. The van der Waals surface area contributed by atoms with Crippen LogP contribution >= 0.6 is 0 Å². The highest BCUT2D eigenvalue weighted by Crippen LogP contribution is 2.10. The first-order valence-corrected chi connectivity index (χ1v) is 8.27. The van der Waals surface area contributed by atoms with Crippen LogP contribution in [0.25, 0.3) is 0 Å². The van der Waals surface area contributed by atoms with Crippen LogP contribution in [-0.2, 0) is 20.6 Å². The molecule has 0 saturated heterocycles. The van der Waals surface area contributed by atoms with Crippen LogP contribution in [0.4, 0.5) is 0 Å². The molecule has 1 amide bonds.